The first-order valence-corrected chi connectivity index (χ1v) is 17.6. The molecule has 0 atom stereocenters. The first kappa shape index (κ1) is 30.6. The van der Waals surface area contributed by atoms with Gasteiger partial charge in [0.25, 0.3) is 0 Å². The lowest BCUT2D eigenvalue weighted by Gasteiger charge is -2.15. The molecule has 248 valence electrons. The zero-order chi connectivity index (χ0) is 35.1. The van der Waals surface area contributed by atoms with Crippen molar-refractivity contribution in [2.75, 3.05) is 0 Å². The zero-order valence-corrected chi connectivity index (χ0v) is 28.5. The molecule has 0 aliphatic rings. The molecule has 0 fully saturated rings. The van der Waals surface area contributed by atoms with Crippen LogP contribution < -0.4 is 0 Å². The lowest BCUT2D eigenvalue weighted by Crippen LogP contribution is -2.02. The van der Waals surface area contributed by atoms with E-state index in [4.69, 9.17) is 24.4 Å². The Kier molecular flexibility index (Phi) is 7.40. The molecule has 8 aromatic carbocycles. The highest BCUT2D eigenvalue weighted by atomic mass is 16.3. The summed E-state index contributed by atoms with van der Waals surface area (Å²) in [6, 6.07) is 62.3. The van der Waals surface area contributed by atoms with Gasteiger partial charge in [-0.15, -0.1) is 0 Å². The molecule has 0 bridgehead atoms. The molecule has 0 N–H and O–H groups in total. The number of fused-ring (bicyclic) bond motifs is 4. The summed E-state index contributed by atoms with van der Waals surface area (Å²) in [5.41, 5.74) is 9.46. The molecule has 53 heavy (non-hydrogen) atoms. The van der Waals surface area contributed by atoms with Crippen molar-refractivity contribution in [1.29, 1.82) is 0 Å². The molecule has 2 heterocycles. The molecule has 0 radical (unpaired) electrons. The summed E-state index contributed by atoms with van der Waals surface area (Å²) in [5, 5.41) is 4.11. The Bertz CT molecular complexity index is 2930. The quantitative estimate of drug-likeness (QED) is 0.175. The van der Waals surface area contributed by atoms with Crippen LogP contribution in [0.1, 0.15) is 0 Å². The van der Waals surface area contributed by atoms with E-state index in [9.17, 15) is 0 Å². The minimum Gasteiger partial charge on any atom is -0.435 e. The van der Waals surface area contributed by atoms with Crippen molar-refractivity contribution in [3.05, 3.63) is 182 Å². The van der Waals surface area contributed by atoms with E-state index < -0.39 is 0 Å². The summed E-state index contributed by atoms with van der Waals surface area (Å²) in [6.07, 6.45) is 0. The fourth-order valence-corrected chi connectivity index (χ4v) is 7.21. The van der Waals surface area contributed by atoms with Gasteiger partial charge in [-0.1, -0.05) is 152 Å². The predicted molar refractivity (Wildman–Crippen MR) is 215 cm³/mol. The van der Waals surface area contributed by atoms with Crippen molar-refractivity contribution >= 4 is 32.6 Å². The minimum atomic E-state index is 0.555. The van der Waals surface area contributed by atoms with Crippen LogP contribution in [0.3, 0.4) is 0 Å². The van der Waals surface area contributed by atoms with Crippen LogP contribution in [0.25, 0.3) is 101 Å². The molecule has 0 aliphatic carbocycles. The van der Waals surface area contributed by atoms with Crippen LogP contribution >= 0.6 is 0 Å². The van der Waals surface area contributed by atoms with E-state index >= 15 is 0 Å². The number of benzene rings is 8. The van der Waals surface area contributed by atoms with E-state index in [0.29, 0.717) is 28.9 Å². The highest BCUT2D eigenvalue weighted by Gasteiger charge is 2.21. The number of hydrogen-bond acceptors (Lipinski definition) is 5. The summed E-state index contributed by atoms with van der Waals surface area (Å²) in [6.45, 7) is 0. The van der Waals surface area contributed by atoms with E-state index in [0.717, 1.165) is 71.6 Å². The van der Waals surface area contributed by atoms with Gasteiger partial charge in [-0.25, -0.2) is 19.9 Å². The Morgan fingerprint density at radius 1 is 0.340 bits per heavy atom. The molecule has 2 aromatic heterocycles. The summed E-state index contributed by atoms with van der Waals surface area (Å²) < 4.78 is 6.57. The average molecular weight is 679 g/mol. The molecule has 0 saturated carbocycles. The van der Waals surface area contributed by atoms with Crippen molar-refractivity contribution in [3.8, 4) is 67.9 Å². The third-order valence-electron chi connectivity index (χ3n) is 9.78. The van der Waals surface area contributed by atoms with Gasteiger partial charge in [0.2, 0.25) is 5.89 Å². The van der Waals surface area contributed by atoms with E-state index in [1.807, 2.05) is 54.6 Å². The Balaban J connectivity index is 1.25. The lowest BCUT2D eigenvalue weighted by molar-refractivity contribution is 0.623. The van der Waals surface area contributed by atoms with Crippen LogP contribution in [0.4, 0.5) is 0 Å². The molecule has 0 unspecified atom stereocenters. The Morgan fingerprint density at radius 2 is 0.925 bits per heavy atom. The van der Waals surface area contributed by atoms with Crippen molar-refractivity contribution in [2.24, 2.45) is 0 Å². The van der Waals surface area contributed by atoms with Gasteiger partial charge in [0.05, 0.1) is 0 Å². The average Bonchev–Trinajstić information content (AvgIpc) is 3.69. The Hall–Kier alpha value is -7.24. The van der Waals surface area contributed by atoms with Crippen LogP contribution in [0.5, 0.6) is 0 Å². The third-order valence-corrected chi connectivity index (χ3v) is 9.78. The fourth-order valence-electron chi connectivity index (χ4n) is 7.21. The summed E-state index contributed by atoms with van der Waals surface area (Å²) in [5.74, 6) is 2.31. The summed E-state index contributed by atoms with van der Waals surface area (Å²) in [4.78, 5) is 20.7. The van der Waals surface area contributed by atoms with Crippen molar-refractivity contribution in [2.45, 2.75) is 0 Å². The maximum Gasteiger partial charge on any atom is 0.227 e. The topological polar surface area (TPSA) is 64.7 Å². The van der Waals surface area contributed by atoms with Gasteiger partial charge in [0.1, 0.15) is 5.52 Å². The van der Waals surface area contributed by atoms with Gasteiger partial charge in [-0.2, -0.15) is 0 Å². The number of hydrogen-bond donors (Lipinski definition) is 0. The lowest BCUT2D eigenvalue weighted by atomic mass is 9.94. The Labute approximate surface area is 305 Å². The zero-order valence-electron chi connectivity index (χ0n) is 28.5. The first-order chi connectivity index (χ1) is 26.3. The van der Waals surface area contributed by atoms with Gasteiger partial charge in [-0.05, 0) is 68.7 Å². The van der Waals surface area contributed by atoms with Crippen LogP contribution in [0, 0.1) is 0 Å². The molecule has 5 nitrogen and oxygen atoms in total. The maximum atomic E-state index is 6.57. The SMILES string of the molecule is c1ccc(-c2ccc(-c3nc(-c4cccc5ccccc45)nc(-c4cccc5ccc6nc(-c7ccccc7)oc6c45)n3)c(-c3ccccc3)c2)cc1. The van der Waals surface area contributed by atoms with Gasteiger partial charge >= 0.3 is 0 Å². The highest BCUT2D eigenvalue weighted by Crippen LogP contribution is 2.39. The number of rotatable bonds is 6. The maximum absolute atomic E-state index is 6.57. The van der Waals surface area contributed by atoms with Crippen molar-refractivity contribution in [1.82, 2.24) is 19.9 Å². The normalized spacial score (nSPS) is 11.4. The summed E-state index contributed by atoms with van der Waals surface area (Å²) >= 11 is 0. The number of oxazole rings is 1. The first-order valence-electron chi connectivity index (χ1n) is 17.6. The molecule has 5 heteroatoms. The molecule has 0 aliphatic heterocycles. The largest absolute Gasteiger partial charge is 0.435 e. The molecule has 0 spiro atoms. The molecule has 0 amide bonds. The van der Waals surface area contributed by atoms with Gasteiger partial charge in [0, 0.05) is 27.6 Å². The number of nitrogens with zero attached hydrogens (tertiary/aromatic N) is 4. The summed E-state index contributed by atoms with van der Waals surface area (Å²) in [7, 11) is 0. The Morgan fingerprint density at radius 3 is 1.68 bits per heavy atom. The number of aromatic nitrogens is 4. The van der Waals surface area contributed by atoms with E-state index in [1.54, 1.807) is 0 Å². The molecule has 0 saturated heterocycles. The van der Waals surface area contributed by atoms with Crippen molar-refractivity contribution < 1.29 is 4.42 Å². The highest BCUT2D eigenvalue weighted by molar-refractivity contribution is 6.11. The molecular formula is C48H30N4O. The predicted octanol–water partition coefficient (Wildman–Crippen LogP) is 12.3. The third kappa shape index (κ3) is 5.52. The van der Waals surface area contributed by atoms with Crippen LogP contribution in [0.15, 0.2) is 186 Å². The fraction of sp³-hybridized carbons (Fsp3) is 0. The molecule has 10 rings (SSSR count). The monoisotopic (exact) mass is 678 g/mol. The second-order valence-corrected chi connectivity index (χ2v) is 13.0. The molecule has 10 aromatic rings. The second kappa shape index (κ2) is 12.8. The van der Waals surface area contributed by atoms with Gasteiger partial charge < -0.3 is 4.42 Å². The standard InChI is InChI=1S/C48H30N4O/c1-4-14-31(15-5-1)36-26-28-39(41(30-36)33-16-6-2-7-17-33)46-50-45(38-24-12-21-32-18-10-11-23-37(32)38)51-47(52-46)40-25-13-22-34-27-29-42-44(43(34)40)53-48(49-42)35-19-8-3-9-20-35/h1-30H. The van der Waals surface area contributed by atoms with Crippen LogP contribution in [0.2, 0.25) is 0 Å². The van der Waals surface area contributed by atoms with E-state index in [-0.39, 0.29) is 0 Å². The smallest absolute Gasteiger partial charge is 0.227 e. The van der Waals surface area contributed by atoms with E-state index in [1.165, 1.54) is 0 Å². The van der Waals surface area contributed by atoms with E-state index in [2.05, 4.69) is 127 Å². The molecular weight excluding hydrogens is 649 g/mol. The van der Waals surface area contributed by atoms with Gasteiger partial charge in [0.15, 0.2) is 23.1 Å². The van der Waals surface area contributed by atoms with Crippen LogP contribution in [-0.4, -0.2) is 19.9 Å². The van der Waals surface area contributed by atoms with Gasteiger partial charge in [-0.3, -0.25) is 0 Å². The minimum absolute atomic E-state index is 0.555. The second-order valence-electron chi connectivity index (χ2n) is 13.0. The van der Waals surface area contributed by atoms with Crippen molar-refractivity contribution in [3.63, 3.8) is 0 Å². The van der Waals surface area contributed by atoms with Crippen LogP contribution in [-0.2, 0) is 0 Å².